The van der Waals surface area contributed by atoms with Crippen LogP contribution in [0.3, 0.4) is 0 Å². The third-order valence-corrected chi connectivity index (χ3v) is 8.07. The van der Waals surface area contributed by atoms with Gasteiger partial charge in [0.2, 0.25) is 0 Å². The highest BCUT2D eigenvalue weighted by atomic mass is 35.5. The number of hydrogen-bond donors (Lipinski definition) is 3. The summed E-state index contributed by atoms with van der Waals surface area (Å²) in [4.78, 5) is 14.2. The predicted octanol–water partition coefficient (Wildman–Crippen LogP) is 7.84. The Hall–Kier alpha value is -5.08. The number of nitrogens with one attached hydrogen (secondary N) is 1. The summed E-state index contributed by atoms with van der Waals surface area (Å²) in [6.45, 7) is 10.3. The van der Waals surface area contributed by atoms with Crippen molar-refractivity contribution in [3.05, 3.63) is 140 Å². The van der Waals surface area contributed by atoms with Crippen molar-refractivity contribution < 1.29 is 9.68 Å². The quantitative estimate of drug-likeness (QED) is 0.157. The average Bonchev–Trinajstić information content (AvgIpc) is 3.06. The number of oxime groups is 2. The SMILES string of the molecule is Cc1ccc2c(c1)C(N)=NOC2.Cc1ccc2c(c1)CON=C2N.Cc1ccc2c(n1)NCCC2.Cc1ccc2cc(Cl)ccc2c1. The molecule has 5 aromatic rings. The number of aromatic nitrogens is 1. The number of aryl methyl sites for hydroxylation is 5. The second-order valence-electron chi connectivity index (χ2n) is 11.8. The summed E-state index contributed by atoms with van der Waals surface area (Å²) in [6.07, 6.45) is 2.41. The number of halogens is 1. The maximum Gasteiger partial charge on any atom is 0.170 e. The van der Waals surface area contributed by atoms with Gasteiger partial charge in [0.15, 0.2) is 11.7 Å². The molecular formula is C38H41ClN6O2. The molecule has 1 aromatic heterocycles. The second-order valence-corrected chi connectivity index (χ2v) is 12.2. The van der Waals surface area contributed by atoms with Gasteiger partial charge in [-0.3, -0.25) is 0 Å². The van der Waals surface area contributed by atoms with Crippen LogP contribution in [0.5, 0.6) is 0 Å². The second kappa shape index (κ2) is 15.5. The molecular weight excluding hydrogens is 608 g/mol. The molecule has 5 N–H and O–H groups in total. The Balaban J connectivity index is 0.000000123. The minimum Gasteiger partial charge on any atom is -0.389 e. The maximum atomic E-state index is 5.86. The van der Waals surface area contributed by atoms with Crippen LogP contribution in [0.25, 0.3) is 10.8 Å². The van der Waals surface area contributed by atoms with E-state index in [9.17, 15) is 0 Å². The van der Waals surface area contributed by atoms with Crippen molar-refractivity contribution >= 4 is 39.9 Å². The van der Waals surface area contributed by atoms with Crippen LogP contribution in [-0.2, 0) is 29.3 Å². The van der Waals surface area contributed by atoms with Crippen molar-refractivity contribution in [1.82, 2.24) is 4.98 Å². The zero-order valence-corrected chi connectivity index (χ0v) is 28.1. The lowest BCUT2D eigenvalue weighted by atomic mass is 10.0. The summed E-state index contributed by atoms with van der Waals surface area (Å²) in [5.41, 5.74) is 21.6. The summed E-state index contributed by atoms with van der Waals surface area (Å²) >= 11 is 5.86. The Morgan fingerprint density at radius 3 is 2.06 bits per heavy atom. The fraction of sp³-hybridized carbons (Fsp3) is 0.237. The Morgan fingerprint density at radius 2 is 1.26 bits per heavy atom. The molecule has 0 fully saturated rings. The van der Waals surface area contributed by atoms with Gasteiger partial charge in [-0.1, -0.05) is 99.3 Å². The van der Waals surface area contributed by atoms with E-state index in [2.05, 4.69) is 63.9 Å². The van der Waals surface area contributed by atoms with E-state index >= 15 is 0 Å². The molecule has 9 heteroatoms. The summed E-state index contributed by atoms with van der Waals surface area (Å²) in [6, 6.07) is 28.7. The van der Waals surface area contributed by atoms with Gasteiger partial charge in [-0.15, -0.1) is 0 Å². The molecule has 47 heavy (non-hydrogen) atoms. The lowest BCUT2D eigenvalue weighted by Gasteiger charge is -2.16. The average molecular weight is 649 g/mol. The van der Waals surface area contributed by atoms with Crippen LogP contribution >= 0.6 is 11.6 Å². The van der Waals surface area contributed by atoms with E-state index < -0.39 is 0 Å². The zero-order valence-electron chi connectivity index (χ0n) is 27.3. The molecule has 242 valence electrons. The highest BCUT2D eigenvalue weighted by Gasteiger charge is 2.13. The third-order valence-electron chi connectivity index (χ3n) is 7.84. The van der Waals surface area contributed by atoms with Crippen molar-refractivity contribution in [2.24, 2.45) is 21.8 Å². The first kappa shape index (κ1) is 33.3. The molecule has 0 unspecified atom stereocenters. The Kier molecular flexibility index (Phi) is 11.0. The summed E-state index contributed by atoms with van der Waals surface area (Å²) < 4.78 is 0. The number of fused-ring (bicyclic) bond motifs is 4. The van der Waals surface area contributed by atoms with Gasteiger partial charge in [0, 0.05) is 39.5 Å². The monoisotopic (exact) mass is 648 g/mol. The van der Waals surface area contributed by atoms with Gasteiger partial charge in [0.1, 0.15) is 19.0 Å². The maximum absolute atomic E-state index is 5.86. The molecule has 0 aliphatic carbocycles. The molecule has 0 radical (unpaired) electrons. The fourth-order valence-electron chi connectivity index (χ4n) is 5.35. The first-order valence-corrected chi connectivity index (χ1v) is 16.0. The van der Waals surface area contributed by atoms with E-state index in [-0.39, 0.29) is 0 Å². The number of anilines is 1. The van der Waals surface area contributed by atoms with E-state index in [0.29, 0.717) is 24.9 Å². The molecule has 3 aliphatic rings. The number of nitrogens with two attached hydrogens (primary N) is 2. The van der Waals surface area contributed by atoms with Crippen LogP contribution in [0.1, 0.15) is 56.6 Å². The molecule has 4 heterocycles. The van der Waals surface area contributed by atoms with Crippen LogP contribution in [0, 0.1) is 27.7 Å². The zero-order chi connectivity index (χ0) is 33.3. The van der Waals surface area contributed by atoms with Gasteiger partial charge in [0.05, 0.1) is 0 Å². The lowest BCUT2D eigenvalue weighted by Crippen LogP contribution is -2.20. The van der Waals surface area contributed by atoms with Crippen LogP contribution in [-0.4, -0.2) is 23.2 Å². The molecule has 0 saturated carbocycles. The molecule has 8 rings (SSSR count). The summed E-state index contributed by atoms with van der Waals surface area (Å²) in [5.74, 6) is 2.03. The Labute approximate surface area is 281 Å². The first-order valence-electron chi connectivity index (χ1n) is 15.6. The van der Waals surface area contributed by atoms with Gasteiger partial charge in [-0.25, -0.2) is 4.98 Å². The van der Waals surface area contributed by atoms with Crippen LogP contribution in [0.4, 0.5) is 5.82 Å². The minimum atomic E-state index is 0.469. The van der Waals surface area contributed by atoms with E-state index in [4.69, 9.17) is 32.7 Å². The van der Waals surface area contributed by atoms with Crippen molar-refractivity contribution in [2.75, 3.05) is 11.9 Å². The first-order chi connectivity index (χ1) is 22.7. The standard InChI is InChI=1S/C11H9Cl.2C9H10N2O.C9H12N2/c1-8-2-3-10-7-11(12)5-4-9(10)6-8;1-6-2-3-8-7(4-6)5-12-11-9(8)10;1-6-2-3-7-5-12-11-9(10)8(7)4-6;1-7-4-5-8-3-2-6-10-9(8)11-7/h2-7H,1H3;2*2-4H,5H2,1H3,(H2,10,11);4-5H,2-3,6H2,1H3,(H,10,11). The number of rotatable bonds is 0. The van der Waals surface area contributed by atoms with Gasteiger partial charge < -0.3 is 26.5 Å². The van der Waals surface area contributed by atoms with Gasteiger partial charge in [-0.05, 0) is 81.1 Å². The molecule has 0 amide bonds. The van der Waals surface area contributed by atoms with Crippen LogP contribution in [0.15, 0.2) is 95.2 Å². The molecule has 4 aromatic carbocycles. The van der Waals surface area contributed by atoms with E-state index in [0.717, 1.165) is 45.3 Å². The van der Waals surface area contributed by atoms with Crippen LogP contribution in [0.2, 0.25) is 5.02 Å². The van der Waals surface area contributed by atoms with Crippen molar-refractivity contribution in [1.29, 1.82) is 0 Å². The normalized spacial score (nSPS) is 13.7. The molecule has 0 atom stereocenters. The van der Waals surface area contributed by atoms with E-state index in [1.165, 1.54) is 45.9 Å². The molecule has 0 spiro atoms. The number of benzene rings is 4. The lowest BCUT2D eigenvalue weighted by molar-refractivity contribution is 0.125. The van der Waals surface area contributed by atoms with Gasteiger partial charge in [-0.2, -0.15) is 0 Å². The Bertz CT molecular complexity index is 1900. The van der Waals surface area contributed by atoms with Crippen molar-refractivity contribution in [2.45, 2.75) is 53.8 Å². The molecule has 0 saturated heterocycles. The number of amidine groups is 2. The van der Waals surface area contributed by atoms with E-state index in [1.807, 2.05) is 69.3 Å². The summed E-state index contributed by atoms with van der Waals surface area (Å²) in [5, 5.41) is 13.9. The Morgan fingerprint density at radius 1 is 0.638 bits per heavy atom. The topological polar surface area (TPSA) is 120 Å². The summed E-state index contributed by atoms with van der Waals surface area (Å²) in [7, 11) is 0. The minimum absolute atomic E-state index is 0.469. The van der Waals surface area contributed by atoms with Crippen molar-refractivity contribution in [3.8, 4) is 0 Å². The molecule has 3 aliphatic heterocycles. The van der Waals surface area contributed by atoms with Crippen LogP contribution < -0.4 is 16.8 Å². The fourth-order valence-corrected chi connectivity index (χ4v) is 5.53. The van der Waals surface area contributed by atoms with Gasteiger partial charge >= 0.3 is 0 Å². The highest BCUT2D eigenvalue weighted by molar-refractivity contribution is 6.31. The third kappa shape index (κ3) is 9.01. The number of nitrogens with zero attached hydrogens (tertiary/aromatic N) is 3. The number of pyridine rings is 1. The smallest absolute Gasteiger partial charge is 0.170 e. The molecule has 0 bridgehead atoms. The predicted molar refractivity (Wildman–Crippen MR) is 193 cm³/mol. The van der Waals surface area contributed by atoms with Crippen molar-refractivity contribution in [3.63, 3.8) is 0 Å². The van der Waals surface area contributed by atoms with E-state index in [1.54, 1.807) is 0 Å². The number of hydrogen-bond acceptors (Lipinski definition) is 8. The molecule has 8 nitrogen and oxygen atoms in total. The largest absolute Gasteiger partial charge is 0.389 e. The highest BCUT2D eigenvalue weighted by Crippen LogP contribution is 2.21. The van der Waals surface area contributed by atoms with Gasteiger partial charge in [0.25, 0.3) is 0 Å².